The Morgan fingerprint density at radius 3 is 2.68 bits per heavy atom. The van der Waals surface area contributed by atoms with Gasteiger partial charge in [-0.05, 0) is 48.1 Å². The Morgan fingerprint density at radius 1 is 1.10 bits per heavy atom. The first kappa shape index (κ1) is 20.4. The van der Waals surface area contributed by atoms with E-state index in [2.05, 4.69) is 9.73 Å². The van der Waals surface area contributed by atoms with Crippen molar-refractivity contribution < 1.29 is 37.3 Å². The van der Waals surface area contributed by atoms with Crippen molar-refractivity contribution in [2.75, 3.05) is 20.8 Å². The van der Waals surface area contributed by atoms with Crippen molar-refractivity contribution in [3.63, 3.8) is 0 Å². The Morgan fingerprint density at radius 2 is 1.94 bits per heavy atom. The number of esters is 1. The van der Waals surface area contributed by atoms with Gasteiger partial charge in [0.05, 0.1) is 14.2 Å². The molecular formula is C22H17F2NO6. The third-order valence-electron chi connectivity index (χ3n) is 4.53. The van der Waals surface area contributed by atoms with Gasteiger partial charge >= 0.3 is 12.6 Å². The summed E-state index contributed by atoms with van der Waals surface area (Å²) in [6.07, 6.45) is 3.46. The van der Waals surface area contributed by atoms with Crippen LogP contribution in [0.1, 0.15) is 11.1 Å². The molecular weight excluding hydrogens is 412 g/mol. The van der Waals surface area contributed by atoms with Crippen molar-refractivity contribution in [3.8, 4) is 23.0 Å². The summed E-state index contributed by atoms with van der Waals surface area (Å²) in [7, 11) is 2.89. The molecule has 31 heavy (non-hydrogen) atoms. The molecule has 0 bridgehead atoms. The fourth-order valence-corrected chi connectivity index (χ4v) is 3.07. The lowest BCUT2D eigenvalue weighted by Crippen LogP contribution is -2.08. The molecule has 2 heterocycles. The van der Waals surface area contributed by atoms with Crippen LogP contribution in [0.3, 0.4) is 0 Å². The van der Waals surface area contributed by atoms with E-state index >= 15 is 0 Å². The second kappa shape index (κ2) is 8.47. The number of carbonyl (C=O) groups is 1. The molecule has 0 spiro atoms. The van der Waals surface area contributed by atoms with Crippen LogP contribution in [0.15, 0.2) is 58.7 Å². The molecule has 0 aromatic heterocycles. The third-order valence-corrected chi connectivity index (χ3v) is 4.53. The molecule has 2 aromatic rings. The average molecular weight is 429 g/mol. The van der Waals surface area contributed by atoms with Crippen LogP contribution in [0, 0.1) is 0 Å². The van der Waals surface area contributed by atoms with Gasteiger partial charge in [0, 0.05) is 17.2 Å². The predicted octanol–water partition coefficient (Wildman–Crippen LogP) is 3.97. The van der Waals surface area contributed by atoms with Crippen molar-refractivity contribution in [1.82, 2.24) is 0 Å². The molecule has 2 aliphatic rings. The van der Waals surface area contributed by atoms with Crippen LogP contribution < -0.4 is 18.9 Å². The van der Waals surface area contributed by atoms with Crippen LogP contribution in [0.5, 0.6) is 23.0 Å². The number of carbonyl (C=O) groups excluding carboxylic acids is 1. The highest BCUT2D eigenvalue weighted by Crippen LogP contribution is 2.33. The standard InChI is InChI=1S/C22H17F2NO6/c1-27-15-5-3-13-7-12(11-29-18(13)10-15)8-16-21(26)31-20(25-16)14-4-6-17(30-22(23)24)19(9-14)28-2/h3-10,22H,11H2,1-2H3. The lowest BCUT2D eigenvalue weighted by Gasteiger charge is -2.16. The molecule has 2 aromatic carbocycles. The zero-order chi connectivity index (χ0) is 22.0. The predicted molar refractivity (Wildman–Crippen MR) is 107 cm³/mol. The molecule has 0 N–H and O–H groups in total. The fraction of sp³-hybridized carbons (Fsp3) is 0.182. The summed E-state index contributed by atoms with van der Waals surface area (Å²) in [4.78, 5) is 16.5. The van der Waals surface area contributed by atoms with E-state index in [1.54, 1.807) is 19.3 Å². The van der Waals surface area contributed by atoms with E-state index in [9.17, 15) is 13.6 Å². The molecule has 9 heteroatoms. The quantitative estimate of drug-likeness (QED) is 0.511. The lowest BCUT2D eigenvalue weighted by molar-refractivity contribution is -0.130. The molecule has 7 nitrogen and oxygen atoms in total. The number of aliphatic imine (C=N–C) groups is 1. The Labute approximate surface area is 176 Å². The number of hydrogen-bond acceptors (Lipinski definition) is 7. The first-order chi connectivity index (χ1) is 15.0. The maximum Gasteiger partial charge on any atom is 0.387 e. The second-order valence-electron chi connectivity index (χ2n) is 6.49. The summed E-state index contributed by atoms with van der Waals surface area (Å²) in [5.74, 6) is 0.677. The molecule has 0 radical (unpaired) electrons. The highest BCUT2D eigenvalue weighted by Gasteiger charge is 2.26. The highest BCUT2D eigenvalue weighted by atomic mass is 19.3. The third kappa shape index (κ3) is 4.35. The van der Waals surface area contributed by atoms with Gasteiger partial charge in [-0.1, -0.05) is 0 Å². The van der Waals surface area contributed by atoms with Crippen molar-refractivity contribution in [1.29, 1.82) is 0 Å². The van der Waals surface area contributed by atoms with Gasteiger partial charge in [-0.15, -0.1) is 0 Å². The summed E-state index contributed by atoms with van der Waals surface area (Å²) in [5.41, 5.74) is 2.04. The normalized spacial score (nSPS) is 16.3. The zero-order valence-corrected chi connectivity index (χ0v) is 16.6. The van der Waals surface area contributed by atoms with Crippen LogP contribution >= 0.6 is 0 Å². The summed E-state index contributed by atoms with van der Waals surface area (Å²) < 4.78 is 50.6. The maximum atomic E-state index is 12.5. The molecule has 0 amide bonds. The number of cyclic esters (lactones) is 1. The van der Waals surface area contributed by atoms with Crippen molar-refractivity contribution in [2.45, 2.75) is 6.61 Å². The van der Waals surface area contributed by atoms with Crippen molar-refractivity contribution >= 4 is 17.9 Å². The molecule has 2 aliphatic heterocycles. The summed E-state index contributed by atoms with van der Waals surface area (Å²) in [6, 6.07) is 9.58. The molecule has 0 unspecified atom stereocenters. The number of hydrogen-bond donors (Lipinski definition) is 0. The van der Waals surface area contributed by atoms with Crippen LogP contribution in [0.2, 0.25) is 0 Å². The Bertz CT molecular complexity index is 1120. The van der Waals surface area contributed by atoms with Gasteiger partial charge < -0.3 is 23.7 Å². The van der Waals surface area contributed by atoms with Gasteiger partial charge in [0.25, 0.3) is 0 Å². The highest BCUT2D eigenvalue weighted by molar-refractivity contribution is 6.11. The smallest absolute Gasteiger partial charge is 0.387 e. The van der Waals surface area contributed by atoms with Gasteiger partial charge in [-0.25, -0.2) is 9.79 Å². The van der Waals surface area contributed by atoms with E-state index in [1.807, 2.05) is 18.2 Å². The van der Waals surface area contributed by atoms with Crippen LogP contribution in [-0.2, 0) is 9.53 Å². The Hall–Kier alpha value is -3.88. The Balaban J connectivity index is 1.60. The molecule has 0 fully saturated rings. The molecule has 0 aliphatic carbocycles. The number of alkyl halides is 2. The van der Waals surface area contributed by atoms with Gasteiger partial charge in [0.1, 0.15) is 18.1 Å². The first-order valence-electron chi connectivity index (χ1n) is 9.14. The van der Waals surface area contributed by atoms with Gasteiger partial charge in [-0.3, -0.25) is 0 Å². The molecule has 0 saturated heterocycles. The maximum absolute atomic E-state index is 12.5. The van der Waals surface area contributed by atoms with E-state index < -0.39 is 12.6 Å². The number of fused-ring (bicyclic) bond motifs is 1. The van der Waals surface area contributed by atoms with E-state index in [4.69, 9.17) is 18.9 Å². The molecule has 0 atom stereocenters. The van der Waals surface area contributed by atoms with Crippen molar-refractivity contribution in [3.05, 3.63) is 64.9 Å². The number of benzene rings is 2. The minimum atomic E-state index is -2.99. The summed E-state index contributed by atoms with van der Waals surface area (Å²) >= 11 is 0. The molecule has 160 valence electrons. The number of rotatable bonds is 6. The minimum Gasteiger partial charge on any atom is -0.497 e. The van der Waals surface area contributed by atoms with E-state index in [1.165, 1.54) is 25.3 Å². The number of halogens is 2. The Kier molecular flexibility index (Phi) is 5.57. The van der Waals surface area contributed by atoms with Crippen LogP contribution in [-0.4, -0.2) is 39.3 Å². The van der Waals surface area contributed by atoms with Crippen LogP contribution in [0.4, 0.5) is 8.78 Å². The largest absolute Gasteiger partial charge is 0.497 e. The molecule has 4 rings (SSSR count). The van der Waals surface area contributed by atoms with Gasteiger partial charge in [0.15, 0.2) is 17.2 Å². The summed E-state index contributed by atoms with van der Waals surface area (Å²) in [6.45, 7) is -2.75. The summed E-state index contributed by atoms with van der Waals surface area (Å²) in [5, 5.41) is 0. The SMILES string of the molecule is COc1ccc2c(c1)OCC(C=C1N=C(c3ccc(OC(F)F)c(OC)c3)OC1=O)=C2. The number of ether oxygens (including phenoxy) is 5. The monoisotopic (exact) mass is 429 g/mol. The first-order valence-corrected chi connectivity index (χ1v) is 9.14. The number of methoxy groups -OCH3 is 2. The lowest BCUT2D eigenvalue weighted by atomic mass is 10.1. The van der Waals surface area contributed by atoms with Gasteiger partial charge in [-0.2, -0.15) is 8.78 Å². The number of nitrogens with zero attached hydrogens (tertiary/aromatic N) is 1. The molecule has 0 saturated carbocycles. The topological polar surface area (TPSA) is 75.6 Å². The second-order valence-corrected chi connectivity index (χ2v) is 6.49. The zero-order valence-electron chi connectivity index (χ0n) is 16.6. The van der Waals surface area contributed by atoms with E-state index in [0.717, 1.165) is 11.1 Å². The van der Waals surface area contributed by atoms with E-state index in [-0.39, 0.29) is 29.7 Å². The minimum absolute atomic E-state index is 0.0283. The average Bonchev–Trinajstić information content (AvgIpc) is 3.13. The van der Waals surface area contributed by atoms with E-state index in [0.29, 0.717) is 17.1 Å². The fourth-order valence-electron chi connectivity index (χ4n) is 3.07. The van der Waals surface area contributed by atoms with Crippen LogP contribution in [0.25, 0.3) is 6.08 Å². The van der Waals surface area contributed by atoms with Crippen molar-refractivity contribution in [2.24, 2.45) is 4.99 Å². The van der Waals surface area contributed by atoms with Gasteiger partial charge in [0.2, 0.25) is 5.90 Å².